The molecule has 0 aromatic heterocycles. The monoisotopic (exact) mass is 342 g/mol. The molecule has 0 amide bonds. The van der Waals surface area contributed by atoms with Crippen molar-refractivity contribution in [3.8, 4) is 0 Å². The highest BCUT2D eigenvalue weighted by Crippen LogP contribution is 2.17. The molecule has 3 nitrogen and oxygen atoms in total. The molecule has 0 radical (unpaired) electrons. The van der Waals surface area contributed by atoms with Gasteiger partial charge in [0.25, 0.3) is 0 Å². The average Bonchev–Trinajstić information content (AvgIpc) is 2.45. The van der Waals surface area contributed by atoms with Crippen LogP contribution in [0.25, 0.3) is 6.08 Å². The van der Waals surface area contributed by atoms with Crippen LogP contribution >= 0.6 is 23.2 Å². The normalized spacial score (nSPS) is 15.1. The van der Waals surface area contributed by atoms with E-state index in [-0.39, 0.29) is 0 Å². The standard InChI is InChI=1S/C17H24Cl2N2O/c1-14(7-8-17(2,20)22)13-15-3-5-16(6-4-15)21(11-9-18)12-10-19/h3-8,13,22H,9-12,20H2,1-2H3/b8-7+,14-13+. The van der Waals surface area contributed by atoms with Gasteiger partial charge in [0.2, 0.25) is 0 Å². The lowest BCUT2D eigenvalue weighted by Crippen LogP contribution is -2.32. The first-order valence-corrected chi connectivity index (χ1v) is 8.28. The summed E-state index contributed by atoms with van der Waals surface area (Å²) >= 11 is 11.6. The van der Waals surface area contributed by atoms with Crippen LogP contribution in [0.15, 0.2) is 42.0 Å². The largest absolute Gasteiger partial charge is 0.373 e. The number of aliphatic hydroxyl groups is 1. The van der Waals surface area contributed by atoms with E-state index in [1.165, 1.54) is 6.92 Å². The molecule has 0 saturated carbocycles. The molecule has 22 heavy (non-hydrogen) atoms. The lowest BCUT2D eigenvalue weighted by molar-refractivity contribution is 0.119. The maximum absolute atomic E-state index is 9.47. The predicted octanol–water partition coefficient (Wildman–Crippen LogP) is 3.60. The van der Waals surface area contributed by atoms with E-state index in [0.717, 1.165) is 29.9 Å². The lowest BCUT2D eigenvalue weighted by atomic mass is 10.1. The van der Waals surface area contributed by atoms with Crippen molar-refractivity contribution >= 4 is 35.0 Å². The zero-order chi connectivity index (χ0) is 16.6. The van der Waals surface area contributed by atoms with E-state index in [1.807, 2.05) is 25.1 Å². The van der Waals surface area contributed by atoms with Gasteiger partial charge in [0.15, 0.2) is 0 Å². The van der Waals surface area contributed by atoms with Gasteiger partial charge in [0, 0.05) is 30.5 Å². The Morgan fingerprint density at radius 1 is 1.23 bits per heavy atom. The first-order chi connectivity index (χ1) is 10.4. The Hall–Kier alpha value is -1.00. The smallest absolute Gasteiger partial charge is 0.130 e. The van der Waals surface area contributed by atoms with Gasteiger partial charge < -0.3 is 15.7 Å². The summed E-state index contributed by atoms with van der Waals surface area (Å²) in [5.74, 6) is 1.14. The summed E-state index contributed by atoms with van der Waals surface area (Å²) in [6.45, 7) is 5.05. The number of nitrogens with two attached hydrogens (primary N) is 1. The van der Waals surface area contributed by atoms with Gasteiger partial charge >= 0.3 is 0 Å². The number of anilines is 1. The maximum Gasteiger partial charge on any atom is 0.130 e. The molecule has 1 unspecified atom stereocenters. The summed E-state index contributed by atoms with van der Waals surface area (Å²) in [5.41, 5.74) is 7.41. The van der Waals surface area contributed by atoms with E-state index in [4.69, 9.17) is 28.9 Å². The van der Waals surface area contributed by atoms with E-state index in [9.17, 15) is 5.11 Å². The highest BCUT2D eigenvalue weighted by atomic mass is 35.5. The molecule has 0 aliphatic heterocycles. The van der Waals surface area contributed by atoms with Crippen molar-refractivity contribution in [1.29, 1.82) is 0 Å². The summed E-state index contributed by atoms with van der Waals surface area (Å²) in [7, 11) is 0. The van der Waals surface area contributed by atoms with E-state index in [0.29, 0.717) is 11.8 Å². The number of nitrogens with zero attached hydrogens (tertiary/aromatic N) is 1. The summed E-state index contributed by atoms with van der Waals surface area (Å²) in [5, 5.41) is 9.47. The molecule has 0 fully saturated rings. The van der Waals surface area contributed by atoms with E-state index < -0.39 is 5.72 Å². The first kappa shape index (κ1) is 19.0. The minimum absolute atomic E-state index is 0.571. The first-order valence-electron chi connectivity index (χ1n) is 7.21. The number of benzene rings is 1. The number of alkyl halides is 2. The third-order valence-corrected chi connectivity index (χ3v) is 3.38. The van der Waals surface area contributed by atoms with Gasteiger partial charge in [-0.3, -0.25) is 0 Å². The van der Waals surface area contributed by atoms with Crippen LogP contribution in [0.4, 0.5) is 5.69 Å². The minimum Gasteiger partial charge on any atom is -0.373 e. The van der Waals surface area contributed by atoms with Crippen molar-refractivity contribution in [1.82, 2.24) is 0 Å². The Bertz CT molecular complexity index is 498. The van der Waals surface area contributed by atoms with Crippen LogP contribution in [0.3, 0.4) is 0 Å². The fourth-order valence-electron chi connectivity index (χ4n) is 1.97. The molecule has 0 spiro atoms. The molecule has 3 N–H and O–H groups in total. The molecule has 0 aliphatic carbocycles. The van der Waals surface area contributed by atoms with Crippen molar-refractivity contribution in [2.75, 3.05) is 29.7 Å². The maximum atomic E-state index is 9.47. The van der Waals surface area contributed by atoms with Crippen molar-refractivity contribution in [2.45, 2.75) is 19.6 Å². The van der Waals surface area contributed by atoms with Gasteiger partial charge in [-0.05, 0) is 37.6 Å². The number of halogens is 2. The van der Waals surface area contributed by atoms with Gasteiger partial charge in [-0.1, -0.05) is 29.9 Å². The predicted molar refractivity (Wildman–Crippen MR) is 97.7 cm³/mol. The fourth-order valence-corrected chi connectivity index (χ4v) is 2.37. The molecule has 122 valence electrons. The molecule has 1 aromatic carbocycles. The average molecular weight is 343 g/mol. The molecule has 0 heterocycles. The van der Waals surface area contributed by atoms with E-state index >= 15 is 0 Å². The second-order valence-electron chi connectivity index (χ2n) is 5.40. The van der Waals surface area contributed by atoms with Crippen LogP contribution in [-0.4, -0.2) is 35.7 Å². The zero-order valence-electron chi connectivity index (χ0n) is 13.1. The Labute approximate surface area is 143 Å². The van der Waals surface area contributed by atoms with Crippen LogP contribution < -0.4 is 10.6 Å². The van der Waals surface area contributed by atoms with Crippen LogP contribution in [0.5, 0.6) is 0 Å². The van der Waals surface area contributed by atoms with Crippen LogP contribution in [-0.2, 0) is 0 Å². The van der Waals surface area contributed by atoms with E-state index in [2.05, 4.69) is 17.0 Å². The summed E-state index contributed by atoms with van der Waals surface area (Å²) < 4.78 is 0. The van der Waals surface area contributed by atoms with Gasteiger partial charge in [-0.15, -0.1) is 23.2 Å². The second kappa shape index (κ2) is 9.21. The molecular formula is C17H24Cl2N2O. The molecule has 0 saturated heterocycles. The lowest BCUT2D eigenvalue weighted by Gasteiger charge is -2.22. The summed E-state index contributed by atoms with van der Waals surface area (Å²) in [4.78, 5) is 2.16. The van der Waals surface area contributed by atoms with Crippen molar-refractivity contribution in [2.24, 2.45) is 5.73 Å². The molecule has 1 aromatic rings. The van der Waals surface area contributed by atoms with Crippen molar-refractivity contribution in [3.63, 3.8) is 0 Å². The molecule has 5 heteroatoms. The number of allylic oxidation sites excluding steroid dienone is 2. The molecular weight excluding hydrogens is 319 g/mol. The Balaban J connectivity index is 2.81. The van der Waals surface area contributed by atoms with E-state index in [1.54, 1.807) is 12.2 Å². The SMILES string of the molecule is CC(/C=C/C(C)(N)O)=C\c1ccc(N(CCCl)CCCl)cc1. The van der Waals surface area contributed by atoms with Gasteiger partial charge in [0.1, 0.15) is 5.72 Å². The molecule has 0 aliphatic rings. The third kappa shape index (κ3) is 7.32. The Morgan fingerprint density at radius 2 is 1.77 bits per heavy atom. The molecule has 0 bridgehead atoms. The van der Waals surface area contributed by atoms with Crippen LogP contribution in [0.2, 0.25) is 0 Å². The summed E-state index contributed by atoms with van der Waals surface area (Å²) in [6, 6.07) is 8.20. The highest BCUT2D eigenvalue weighted by molar-refractivity contribution is 6.18. The highest BCUT2D eigenvalue weighted by Gasteiger charge is 2.06. The van der Waals surface area contributed by atoms with Crippen LogP contribution in [0.1, 0.15) is 19.4 Å². The minimum atomic E-state index is -1.29. The summed E-state index contributed by atoms with van der Waals surface area (Å²) in [6.07, 6.45) is 5.40. The topological polar surface area (TPSA) is 49.5 Å². The quantitative estimate of drug-likeness (QED) is 0.431. The number of rotatable bonds is 8. The van der Waals surface area contributed by atoms with Gasteiger partial charge in [-0.2, -0.15) is 0 Å². The molecule has 1 atom stereocenters. The van der Waals surface area contributed by atoms with Crippen LogP contribution in [0, 0.1) is 0 Å². The van der Waals surface area contributed by atoms with Gasteiger partial charge in [-0.25, -0.2) is 0 Å². The number of hydrogen-bond acceptors (Lipinski definition) is 3. The van der Waals surface area contributed by atoms with Crippen molar-refractivity contribution in [3.05, 3.63) is 47.6 Å². The molecule has 1 rings (SSSR count). The third-order valence-electron chi connectivity index (χ3n) is 3.05. The zero-order valence-corrected chi connectivity index (χ0v) is 14.6. The fraction of sp³-hybridized carbons (Fsp3) is 0.412. The second-order valence-corrected chi connectivity index (χ2v) is 6.16. The van der Waals surface area contributed by atoms with Gasteiger partial charge in [0.05, 0.1) is 0 Å². The Kier molecular flexibility index (Phi) is 7.97. The Morgan fingerprint density at radius 3 is 2.23 bits per heavy atom. The number of hydrogen-bond donors (Lipinski definition) is 2. The van der Waals surface area contributed by atoms with Crippen molar-refractivity contribution < 1.29 is 5.11 Å².